The van der Waals surface area contributed by atoms with Crippen LogP contribution in [0.25, 0.3) is 0 Å². The Morgan fingerprint density at radius 3 is 2.32 bits per heavy atom. The molecule has 0 spiro atoms. The number of hydrogen-bond acceptors (Lipinski definition) is 8. The van der Waals surface area contributed by atoms with Crippen LogP contribution in [0.2, 0.25) is 0 Å². The van der Waals surface area contributed by atoms with Crippen molar-refractivity contribution in [2.24, 2.45) is 0 Å². The van der Waals surface area contributed by atoms with Crippen molar-refractivity contribution in [1.29, 1.82) is 0 Å². The maximum absolute atomic E-state index is 13.3. The summed E-state index contributed by atoms with van der Waals surface area (Å²) in [5.41, 5.74) is 0.912. The van der Waals surface area contributed by atoms with E-state index >= 15 is 0 Å². The average molecular weight is 552 g/mol. The Bertz CT molecular complexity index is 1020. The standard InChI is InChI=1S/C22H28Cl2N2O6S2/c23-11-13-25(14-12-24)17-6-8-19(9-7-17)32-34(29,30)21(16-31-18-4-2-1-3-5-18)20-10-15-33-22(20)26(27)28/h6-10,15,18,21H,1-5,11-14,16H2. The fraction of sp³-hybridized carbons (Fsp3) is 0.545. The van der Waals surface area contributed by atoms with Gasteiger partial charge in [-0.15, -0.1) is 23.2 Å². The molecule has 3 rings (SSSR count). The molecule has 34 heavy (non-hydrogen) atoms. The van der Waals surface area contributed by atoms with E-state index in [1.807, 2.05) is 4.90 Å². The maximum Gasteiger partial charge on any atom is 0.328 e. The first-order valence-electron chi connectivity index (χ1n) is 11.1. The van der Waals surface area contributed by atoms with E-state index in [1.54, 1.807) is 24.3 Å². The highest BCUT2D eigenvalue weighted by Crippen LogP contribution is 2.37. The second kappa shape index (κ2) is 12.9. The minimum atomic E-state index is -4.29. The van der Waals surface area contributed by atoms with Crippen molar-refractivity contribution in [3.8, 4) is 5.75 Å². The summed E-state index contributed by atoms with van der Waals surface area (Å²) in [5, 5.41) is 11.5. The summed E-state index contributed by atoms with van der Waals surface area (Å²) in [6.45, 7) is 0.978. The highest BCUT2D eigenvalue weighted by molar-refractivity contribution is 7.87. The van der Waals surface area contributed by atoms with Gasteiger partial charge in [0, 0.05) is 30.5 Å². The van der Waals surface area contributed by atoms with Crippen LogP contribution in [0.5, 0.6) is 5.75 Å². The zero-order valence-corrected chi connectivity index (χ0v) is 21.8. The van der Waals surface area contributed by atoms with Gasteiger partial charge in [-0.3, -0.25) is 10.1 Å². The Balaban J connectivity index is 1.81. The van der Waals surface area contributed by atoms with Gasteiger partial charge in [0.2, 0.25) is 0 Å². The van der Waals surface area contributed by atoms with Crippen LogP contribution in [-0.2, 0) is 14.9 Å². The third kappa shape index (κ3) is 7.21. The first-order valence-corrected chi connectivity index (χ1v) is 14.5. The molecular weight excluding hydrogens is 523 g/mol. The highest BCUT2D eigenvalue weighted by Gasteiger charge is 2.37. The second-order valence-electron chi connectivity index (χ2n) is 7.96. The van der Waals surface area contributed by atoms with E-state index in [9.17, 15) is 18.5 Å². The van der Waals surface area contributed by atoms with Crippen molar-refractivity contribution in [2.75, 3.05) is 36.4 Å². The molecule has 1 aromatic carbocycles. The number of anilines is 1. The number of hydrogen-bond donors (Lipinski definition) is 0. The van der Waals surface area contributed by atoms with Gasteiger partial charge in [0.1, 0.15) is 5.75 Å². The first kappa shape index (κ1) is 27.0. The zero-order valence-electron chi connectivity index (χ0n) is 18.6. The summed E-state index contributed by atoms with van der Waals surface area (Å²) in [5.74, 6) is 0.957. The minimum absolute atomic E-state index is 0.0572. The lowest BCUT2D eigenvalue weighted by molar-refractivity contribution is -0.380. The molecule has 0 saturated heterocycles. The largest absolute Gasteiger partial charge is 0.382 e. The van der Waals surface area contributed by atoms with Gasteiger partial charge in [0.25, 0.3) is 0 Å². The molecule has 1 atom stereocenters. The molecule has 188 valence electrons. The van der Waals surface area contributed by atoms with Gasteiger partial charge < -0.3 is 13.8 Å². The van der Waals surface area contributed by atoms with Crippen molar-refractivity contribution in [2.45, 2.75) is 43.5 Å². The predicted octanol–water partition coefficient (Wildman–Crippen LogP) is 5.74. The van der Waals surface area contributed by atoms with E-state index in [0.717, 1.165) is 49.1 Å². The van der Waals surface area contributed by atoms with Gasteiger partial charge >= 0.3 is 15.1 Å². The van der Waals surface area contributed by atoms with Gasteiger partial charge in [-0.2, -0.15) is 8.42 Å². The lowest BCUT2D eigenvalue weighted by Gasteiger charge is -2.25. The number of benzene rings is 1. The van der Waals surface area contributed by atoms with E-state index in [0.29, 0.717) is 24.8 Å². The molecule has 1 aromatic heterocycles. The highest BCUT2D eigenvalue weighted by atomic mass is 35.5. The van der Waals surface area contributed by atoms with E-state index < -0.39 is 20.3 Å². The molecule has 12 heteroatoms. The van der Waals surface area contributed by atoms with E-state index in [2.05, 4.69) is 0 Å². The molecule has 0 N–H and O–H groups in total. The summed E-state index contributed by atoms with van der Waals surface area (Å²) in [6.07, 6.45) is 4.81. The number of ether oxygens (including phenoxy) is 1. The molecule has 8 nitrogen and oxygen atoms in total. The first-order chi connectivity index (χ1) is 16.4. The van der Waals surface area contributed by atoms with Crippen LogP contribution in [0.15, 0.2) is 35.7 Å². The Morgan fingerprint density at radius 2 is 1.74 bits per heavy atom. The monoisotopic (exact) mass is 550 g/mol. The number of rotatable bonds is 13. The molecule has 1 heterocycles. The third-order valence-electron chi connectivity index (χ3n) is 5.69. The normalized spacial score (nSPS) is 15.7. The quantitative estimate of drug-likeness (QED) is 0.136. The van der Waals surface area contributed by atoms with E-state index in [4.69, 9.17) is 32.1 Å². The SMILES string of the molecule is O=[N+]([O-])c1sccc1C(COC1CCCCC1)S(=O)(=O)Oc1ccc(N(CCCl)CCCl)cc1. The van der Waals surface area contributed by atoms with E-state index in [1.165, 1.54) is 11.4 Å². The fourth-order valence-electron chi connectivity index (χ4n) is 3.97. The van der Waals surface area contributed by atoms with Crippen LogP contribution in [0.3, 0.4) is 0 Å². The maximum atomic E-state index is 13.3. The Kier molecular flexibility index (Phi) is 10.3. The molecule has 1 saturated carbocycles. The van der Waals surface area contributed by atoms with Gasteiger partial charge in [-0.25, -0.2) is 0 Å². The van der Waals surface area contributed by atoms with Crippen LogP contribution in [0, 0.1) is 10.1 Å². The molecule has 1 fully saturated rings. The lowest BCUT2D eigenvalue weighted by Crippen LogP contribution is -2.28. The summed E-state index contributed by atoms with van der Waals surface area (Å²) < 4.78 is 38.0. The zero-order chi connectivity index (χ0) is 24.6. The summed E-state index contributed by atoms with van der Waals surface area (Å²) in [6, 6.07) is 8.00. The number of alkyl halides is 2. The van der Waals surface area contributed by atoms with Crippen LogP contribution < -0.4 is 9.08 Å². The fourth-order valence-corrected chi connectivity index (χ4v) is 6.47. The van der Waals surface area contributed by atoms with Gasteiger partial charge in [0.05, 0.1) is 23.2 Å². The number of halogens is 2. The lowest BCUT2D eigenvalue weighted by atomic mass is 9.98. The third-order valence-corrected chi connectivity index (χ3v) is 8.42. The number of nitrogens with zero attached hydrogens (tertiary/aromatic N) is 2. The molecule has 2 aromatic rings. The molecule has 0 radical (unpaired) electrons. The smallest absolute Gasteiger partial charge is 0.328 e. The predicted molar refractivity (Wildman–Crippen MR) is 136 cm³/mol. The summed E-state index contributed by atoms with van der Waals surface area (Å²) in [4.78, 5) is 12.9. The molecule has 0 amide bonds. The molecule has 0 bridgehead atoms. The number of nitro groups is 1. The van der Waals surface area contributed by atoms with Crippen LogP contribution in [-0.4, -0.2) is 50.9 Å². The summed E-state index contributed by atoms with van der Waals surface area (Å²) in [7, 11) is -4.29. The van der Waals surface area contributed by atoms with Crippen molar-refractivity contribution in [1.82, 2.24) is 0 Å². The molecule has 1 aliphatic carbocycles. The Hall–Kier alpha value is -1.59. The van der Waals surface area contributed by atoms with Crippen LogP contribution in [0.4, 0.5) is 10.7 Å². The Labute approximate surface area is 214 Å². The molecule has 1 aliphatic rings. The second-order valence-corrected chi connectivity index (χ2v) is 11.3. The van der Waals surface area contributed by atoms with Gasteiger partial charge in [0.15, 0.2) is 5.25 Å². The molecule has 1 unspecified atom stereocenters. The molecular formula is C22H28Cl2N2O6S2. The average Bonchev–Trinajstić information content (AvgIpc) is 3.30. The summed E-state index contributed by atoms with van der Waals surface area (Å²) >= 11 is 12.6. The van der Waals surface area contributed by atoms with E-state index in [-0.39, 0.29) is 29.0 Å². The topological polar surface area (TPSA) is 99.0 Å². The van der Waals surface area contributed by atoms with Gasteiger partial charge in [-0.05, 0) is 48.6 Å². The van der Waals surface area contributed by atoms with Crippen molar-refractivity contribution < 1.29 is 22.3 Å². The van der Waals surface area contributed by atoms with Crippen molar-refractivity contribution in [3.05, 3.63) is 51.4 Å². The van der Waals surface area contributed by atoms with Crippen LogP contribution in [0.1, 0.15) is 42.9 Å². The molecule has 0 aliphatic heterocycles. The van der Waals surface area contributed by atoms with Gasteiger partial charge in [-0.1, -0.05) is 30.6 Å². The van der Waals surface area contributed by atoms with Crippen LogP contribution >= 0.6 is 34.5 Å². The van der Waals surface area contributed by atoms with Crippen molar-refractivity contribution >= 4 is 55.3 Å². The van der Waals surface area contributed by atoms with Crippen molar-refractivity contribution in [3.63, 3.8) is 0 Å². The Morgan fingerprint density at radius 1 is 1.09 bits per heavy atom. The minimum Gasteiger partial charge on any atom is -0.382 e. The number of thiophene rings is 1.